The normalized spacial score (nSPS) is 16.8. The molecule has 9 heteroatoms. The molecule has 1 atom stereocenters. The zero-order valence-corrected chi connectivity index (χ0v) is 23.1. The summed E-state index contributed by atoms with van der Waals surface area (Å²) in [4.78, 5) is 13.7. The number of ether oxygens (including phenoxy) is 2. The molecule has 0 aromatic heterocycles. The lowest BCUT2D eigenvalue weighted by atomic mass is 9.89. The number of anilines is 1. The van der Waals surface area contributed by atoms with Gasteiger partial charge in [-0.3, -0.25) is 0 Å². The van der Waals surface area contributed by atoms with Crippen molar-refractivity contribution in [1.29, 1.82) is 0 Å². The van der Waals surface area contributed by atoms with Crippen molar-refractivity contribution >= 4 is 28.8 Å². The Morgan fingerprint density at radius 3 is 2.32 bits per heavy atom. The molecule has 1 N–H and O–H groups in total. The average molecular weight is 553 g/mol. The summed E-state index contributed by atoms with van der Waals surface area (Å²) >= 11 is 5.81. The van der Waals surface area contributed by atoms with E-state index in [0.29, 0.717) is 29.7 Å². The van der Waals surface area contributed by atoms with Crippen LogP contribution in [0.15, 0.2) is 48.0 Å². The topological polar surface area (TPSA) is 50.8 Å². The molecule has 4 rings (SSSR count). The van der Waals surface area contributed by atoms with Gasteiger partial charge in [0.1, 0.15) is 0 Å². The Hall–Kier alpha value is -2.55. The molecule has 5 nitrogen and oxygen atoms in total. The Labute approximate surface area is 227 Å². The first-order valence-corrected chi connectivity index (χ1v) is 13.2. The quantitative estimate of drug-likeness (QED) is 0.411. The monoisotopic (exact) mass is 552 g/mol. The Morgan fingerprint density at radius 1 is 1.08 bits per heavy atom. The van der Waals surface area contributed by atoms with E-state index in [1.807, 2.05) is 19.1 Å². The molecule has 1 fully saturated rings. The number of rotatable bonds is 6. The van der Waals surface area contributed by atoms with Crippen molar-refractivity contribution in [2.24, 2.45) is 5.92 Å². The molecule has 208 valence electrons. The Balaban J connectivity index is 0.000000221. The Morgan fingerprint density at radius 2 is 1.74 bits per heavy atom. The van der Waals surface area contributed by atoms with Crippen LogP contribution in [0.3, 0.4) is 0 Å². The fraction of sp³-hybridized carbons (Fsp3) is 0.483. The Kier molecular flexibility index (Phi) is 10.7. The number of hydrogen-bond acceptors (Lipinski definition) is 5. The van der Waals surface area contributed by atoms with E-state index >= 15 is 0 Å². The van der Waals surface area contributed by atoms with Crippen molar-refractivity contribution in [2.75, 3.05) is 51.4 Å². The first-order chi connectivity index (χ1) is 18.0. The third kappa shape index (κ3) is 7.98. The van der Waals surface area contributed by atoms with Gasteiger partial charge in [-0.1, -0.05) is 44.5 Å². The van der Waals surface area contributed by atoms with Crippen LogP contribution in [0, 0.1) is 5.92 Å². The number of alkyl halides is 3. The lowest BCUT2D eigenvalue weighted by Gasteiger charge is -2.33. The standard InChI is InChI=1S/C17H25F3N2.C12H11ClO3/c1-12(2)10-13(3)15-11-14(17(18,19)20)4-5-16(15)22-8-6-21-7-9-22;1-15-12(14)11-7-16-6-10(11)8-2-4-9(13)5-3-8/h4-5,11-13,21H,6-10H2,1-3H3;2-5H,6-7H2,1H3. The smallest absolute Gasteiger partial charge is 0.416 e. The molecular formula is C29H36ClF3N2O3. The van der Waals surface area contributed by atoms with Gasteiger partial charge < -0.3 is 19.7 Å². The second-order valence-electron chi connectivity index (χ2n) is 9.99. The van der Waals surface area contributed by atoms with Crippen LogP contribution in [0.5, 0.6) is 0 Å². The van der Waals surface area contributed by atoms with Crippen LogP contribution in [0.25, 0.3) is 5.57 Å². The maximum Gasteiger partial charge on any atom is 0.416 e. The molecule has 2 aliphatic rings. The zero-order chi connectivity index (χ0) is 27.9. The first-order valence-electron chi connectivity index (χ1n) is 12.8. The molecule has 2 aromatic carbocycles. The summed E-state index contributed by atoms with van der Waals surface area (Å²) in [6, 6.07) is 11.5. The van der Waals surface area contributed by atoms with Gasteiger partial charge >= 0.3 is 12.1 Å². The second-order valence-corrected chi connectivity index (χ2v) is 10.4. The highest BCUT2D eigenvalue weighted by Gasteiger charge is 2.32. The molecule has 2 heterocycles. The molecule has 1 saturated heterocycles. The van der Waals surface area contributed by atoms with Gasteiger partial charge in [-0.2, -0.15) is 13.2 Å². The minimum atomic E-state index is -4.28. The van der Waals surface area contributed by atoms with Crippen molar-refractivity contribution in [3.05, 3.63) is 69.8 Å². The predicted molar refractivity (Wildman–Crippen MR) is 146 cm³/mol. The maximum absolute atomic E-state index is 13.0. The summed E-state index contributed by atoms with van der Waals surface area (Å²) in [5, 5.41) is 3.95. The van der Waals surface area contributed by atoms with Crippen molar-refractivity contribution < 1.29 is 27.4 Å². The summed E-state index contributed by atoms with van der Waals surface area (Å²) in [6.07, 6.45) is -3.39. The van der Waals surface area contributed by atoms with E-state index in [2.05, 4.69) is 24.1 Å². The maximum atomic E-state index is 13.0. The van der Waals surface area contributed by atoms with E-state index in [1.165, 1.54) is 19.2 Å². The Bertz CT molecular complexity index is 1110. The minimum Gasteiger partial charge on any atom is -0.466 e. The largest absolute Gasteiger partial charge is 0.466 e. The first kappa shape index (κ1) is 30.0. The molecule has 0 radical (unpaired) electrons. The number of hydrogen-bond donors (Lipinski definition) is 1. The fourth-order valence-electron chi connectivity index (χ4n) is 4.80. The molecule has 0 amide bonds. The van der Waals surface area contributed by atoms with E-state index < -0.39 is 11.7 Å². The number of nitrogens with zero attached hydrogens (tertiary/aromatic N) is 1. The van der Waals surface area contributed by atoms with Crippen LogP contribution in [-0.4, -0.2) is 52.5 Å². The highest BCUT2D eigenvalue weighted by molar-refractivity contribution is 6.30. The average Bonchev–Trinajstić information content (AvgIpc) is 3.38. The van der Waals surface area contributed by atoms with Gasteiger partial charge in [0, 0.05) is 36.9 Å². The number of nitrogens with one attached hydrogen (secondary N) is 1. The summed E-state index contributed by atoms with van der Waals surface area (Å²) in [5.41, 5.74) is 3.65. The molecule has 38 heavy (non-hydrogen) atoms. The van der Waals surface area contributed by atoms with E-state index in [9.17, 15) is 18.0 Å². The van der Waals surface area contributed by atoms with E-state index in [-0.39, 0.29) is 11.9 Å². The number of piperazine rings is 1. The minimum absolute atomic E-state index is 0.118. The van der Waals surface area contributed by atoms with Gasteiger partial charge in [0.25, 0.3) is 0 Å². The summed E-state index contributed by atoms with van der Waals surface area (Å²) < 4.78 is 49.1. The fourth-order valence-corrected chi connectivity index (χ4v) is 4.92. The van der Waals surface area contributed by atoms with Crippen LogP contribution in [0.2, 0.25) is 5.02 Å². The molecule has 2 aromatic rings. The van der Waals surface area contributed by atoms with Crippen LogP contribution in [0.1, 0.15) is 49.8 Å². The van der Waals surface area contributed by atoms with Gasteiger partial charge in [-0.05, 0) is 65.3 Å². The molecule has 0 saturated carbocycles. The van der Waals surface area contributed by atoms with Crippen molar-refractivity contribution in [3.63, 3.8) is 0 Å². The highest BCUT2D eigenvalue weighted by Crippen LogP contribution is 2.37. The summed E-state index contributed by atoms with van der Waals surface area (Å²) in [5.74, 6) is 0.245. The third-order valence-electron chi connectivity index (χ3n) is 6.65. The third-order valence-corrected chi connectivity index (χ3v) is 6.90. The second kappa shape index (κ2) is 13.5. The van der Waals surface area contributed by atoms with Gasteiger partial charge in [0.2, 0.25) is 0 Å². The van der Waals surface area contributed by atoms with Crippen molar-refractivity contribution in [2.45, 2.75) is 39.3 Å². The van der Waals surface area contributed by atoms with E-state index in [0.717, 1.165) is 55.0 Å². The number of benzene rings is 2. The zero-order valence-electron chi connectivity index (χ0n) is 22.3. The number of esters is 1. The molecule has 0 aliphatic carbocycles. The van der Waals surface area contributed by atoms with E-state index in [1.54, 1.807) is 18.2 Å². The molecule has 0 bridgehead atoms. The highest BCUT2D eigenvalue weighted by atomic mass is 35.5. The number of methoxy groups -OCH3 is 1. The molecule has 0 spiro atoms. The summed E-state index contributed by atoms with van der Waals surface area (Å²) in [6.45, 7) is 10.4. The van der Waals surface area contributed by atoms with Crippen LogP contribution >= 0.6 is 11.6 Å². The van der Waals surface area contributed by atoms with Crippen molar-refractivity contribution in [3.8, 4) is 0 Å². The van der Waals surface area contributed by atoms with Gasteiger partial charge in [0.15, 0.2) is 0 Å². The lowest BCUT2D eigenvalue weighted by Crippen LogP contribution is -2.44. The molecule has 1 unspecified atom stereocenters. The van der Waals surface area contributed by atoms with Crippen LogP contribution < -0.4 is 10.2 Å². The van der Waals surface area contributed by atoms with Gasteiger partial charge in [-0.25, -0.2) is 4.79 Å². The van der Waals surface area contributed by atoms with Crippen molar-refractivity contribution in [1.82, 2.24) is 5.32 Å². The number of halogens is 4. The van der Waals surface area contributed by atoms with Crippen LogP contribution in [-0.2, 0) is 20.4 Å². The SMILES string of the molecule is CC(C)CC(C)c1cc(C(F)(F)F)ccc1N1CCNCC1.COC(=O)C1=C(c2ccc(Cl)cc2)COC1. The van der Waals surface area contributed by atoms with Crippen LogP contribution in [0.4, 0.5) is 18.9 Å². The lowest BCUT2D eigenvalue weighted by molar-refractivity contribution is -0.138. The molecule has 2 aliphatic heterocycles. The van der Waals surface area contributed by atoms with Gasteiger partial charge in [-0.15, -0.1) is 0 Å². The van der Waals surface area contributed by atoms with Gasteiger partial charge in [0.05, 0.1) is 31.5 Å². The summed E-state index contributed by atoms with van der Waals surface area (Å²) in [7, 11) is 1.37. The van der Waals surface area contributed by atoms with E-state index in [4.69, 9.17) is 21.1 Å². The predicted octanol–water partition coefficient (Wildman–Crippen LogP) is 6.56. The number of carbonyl (C=O) groups is 1. The molecular weight excluding hydrogens is 517 g/mol. The number of carbonyl (C=O) groups excluding carboxylic acids is 1.